The van der Waals surface area contributed by atoms with E-state index in [0.29, 0.717) is 29.3 Å². The van der Waals surface area contributed by atoms with Crippen LogP contribution < -0.4 is 0 Å². The summed E-state index contributed by atoms with van der Waals surface area (Å²) in [6, 6.07) is 3.69. The van der Waals surface area contributed by atoms with E-state index in [1.54, 1.807) is 6.26 Å². The molecule has 0 saturated heterocycles. The van der Waals surface area contributed by atoms with Gasteiger partial charge in [-0.2, -0.15) is 0 Å². The first-order valence-electron chi connectivity index (χ1n) is 7.46. The lowest BCUT2D eigenvalue weighted by atomic mass is 10.1. The van der Waals surface area contributed by atoms with E-state index in [9.17, 15) is 0 Å². The lowest BCUT2D eigenvalue weighted by molar-refractivity contribution is 0.426. The van der Waals surface area contributed by atoms with E-state index in [-0.39, 0.29) is 5.25 Å². The Balaban J connectivity index is 1.73. The standard InChI is InChI=1S/C15H19N5O2S/c1-9(2)8-12-16-18-14(22-12)10(3)23-15-19-17-13(20(15)4)11-6-5-7-21-11/h5-7,9-10H,8H2,1-4H3/t10-/m0/s1. The summed E-state index contributed by atoms with van der Waals surface area (Å²) in [5, 5.41) is 17.4. The lowest BCUT2D eigenvalue weighted by Crippen LogP contribution is -1.96. The van der Waals surface area contributed by atoms with E-state index in [1.807, 2.05) is 30.7 Å². The fraction of sp³-hybridized carbons (Fsp3) is 0.467. The Labute approximate surface area is 138 Å². The van der Waals surface area contributed by atoms with Crippen molar-refractivity contribution in [1.82, 2.24) is 25.0 Å². The average molecular weight is 333 g/mol. The molecule has 0 aromatic carbocycles. The van der Waals surface area contributed by atoms with Gasteiger partial charge in [0.15, 0.2) is 16.7 Å². The molecule has 0 aliphatic carbocycles. The van der Waals surface area contributed by atoms with Crippen molar-refractivity contribution in [2.45, 2.75) is 37.6 Å². The summed E-state index contributed by atoms with van der Waals surface area (Å²) >= 11 is 1.53. The summed E-state index contributed by atoms with van der Waals surface area (Å²) in [6.07, 6.45) is 2.41. The molecule has 3 aromatic heterocycles. The van der Waals surface area contributed by atoms with Crippen molar-refractivity contribution >= 4 is 11.8 Å². The predicted octanol–water partition coefficient (Wildman–Crippen LogP) is 3.51. The number of hydrogen-bond acceptors (Lipinski definition) is 7. The smallest absolute Gasteiger partial charge is 0.229 e. The highest BCUT2D eigenvalue weighted by Crippen LogP contribution is 2.34. The van der Waals surface area contributed by atoms with Gasteiger partial charge in [-0.25, -0.2) is 0 Å². The van der Waals surface area contributed by atoms with E-state index < -0.39 is 0 Å². The van der Waals surface area contributed by atoms with Gasteiger partial charge in [0.05, 0.1) is 11.5 Å². The second-order valence-electron chi connectivity index (χ2n) is 5.73. The monoisotopic (exact) mass is 333 g/mol. The summed E-state index contributed by atoms with van der Waals surface area (Å²) in [6.45, 7) is 6.26. The van der Waals surface area contributed by atoms with E-state index in [0.717, 1.165) is 11.6 Å². The zero-order valence-electron chi connectivity index (χ0n) is 13.6. The molecular weight excluding hydrogens is 314 g/mol. The minimum atomic E-state index is -0.00392. The quantitative estimate of drug-likeness (QED) is 0.638. The molecule has 7 nitrogen and oxygen atoms in total. The van der Waals surface area contributed by atoms with Gasteiger partial charge in [-0.1, -0.05) is 25.6 Å². The zero-order valence-corrected chi connectivity index (χ0v) is 14.4. The van der Waals surface area contributed by atoms with E-state index >= 15 is 0 Å². The Kier molecular flexibility index (Phi) is 4.51. The van der Waals surface area contributed by atoms with E-state index in [4.69, 9.17) is 8.83 Å². The van der Waals surface area contributed by atoms with Crippen molar-refractivity contribution in [3.05, 3.63) is 30.2 Å². The third kappa shape index (κ3) is 3.47. The Morgan fingerprint density at radius 2 is 2.00 bits per heavy atom. The first-order chi connectivity index (χ1) is 11.0. The summed E-state index contributed by atoms with van der Waals surface area (Å²) < 4.78 is 13.0. The van der Waals surface area contributed by atoms with Crippen LogP contribution in [-0.4, -0.2) is 25.0 Å². The van der Waals surface area contributed by atoms with Crippen molar-refractivity contribution in [3.8, 4) is 11.6 Å². The van der Waals surface area contributed by atoms with Crippen LogP contribution in [0, 0.1) is 5.92 Å². The topological polar surface area (TPSA) is 82.8 Å². The Hall–Kier alpha value is -2.09. The number of aromatic nitrogens is 5. The molecule has 8 heteroatoms. The first kappa shape index (κ1) is 15.8. The molecule has 3 heterocycles. The van der Waals surface area contributed by atoms with Crippen LogP contribution in [-0.2, 0) is 13.5 Å². The van der Waals surface area contributed by atoms with Gasteiger partial charge in [-0.3, -0.25) is 0 Å². The number of furan rings is 1. The summed E-state index contributed by atoms with van der Waals surface area (Å²) in [5.74, 6) is 3.15. The molecule has 0 fully saturated rings. The molecular formula is C15H19N5O2S. The highest BCUT2D eigenvalue weighted by molar-refractivity contribution is 7.99. The molecule has 0 radical (unpaired) electrons. The number of rotatable bonds is 6. The number of thioether (sulfide) groups is 1. The van der Waals surface area contributed by atoms with Crippen LogP contribution >= 0.6 is 11.8 Å². The predicted molar refractivity (Wildman–Crippen MR) is 85.8 cm³/mol. The molecule has 3 aromatic rings. The van der Waals surface area contributed by atoms with Crippen LogP contribution in [0.15, 0.2) is 32.4 Å². The molecule has 1 atom stereocenters. The minimum absolute atomic E-state index is 0.00392. The average Bonchev–Trinajstić information content (AvgIpc) is 3.21. The van der Waals surface area contributed by atoms with Gasteiger partial charge in [0.2, 0.25) is 11.8 Å². The van der Waals surface area contributed by atoms with E-state index in [1.165, 1.54) is 11.8 Å². The second kappa shape index (κ2) is 6.57. The van der Waals surface area contributed by atoms with Crippen LogP contribution in [0.2, 0.25) is 0 Å². The lowest BCUT2D eigenvalue weighted by Gasteiger charge is -2.06. The molecule has 0 bridgehead atoms. The van der Waals surface area contributed by atoms with Crippen LogP contribution in [0.25, 0.3) is 11.6 Å². The largest absolute Gasteiger partial charge is 0.461 e. The van der Waals surface area contributed by atoms with Crippen LogP contribution in [0.4, 0.5) is 0 Å². The SMILES string of the molecule is CC(C)Cc1nnc([C@H](C)Sc2nnc(-c3ccco3)n2C)o1. The Bertz CT molecular complexity index is 763. The maximum Gasteiger partial charge on any atom is 0.229 e. The van der Waals surface area contributed by atoms with Crippen molar-refractivity contribution in [3.63, 3.8) is 0 Å². The molecule has 0 N–H and O–H groups in total. The summed E-state index contributed by atoms with van der Waals surface area (Å²) in [5.41, 5.74) is 0. The number of hydrogen-bond donors (Lipinski definition) is 0. The Morgan fingerprint density at radius 3 is 2.70 bits per heavy atom. The molecule has 0 spiro atoms. The van der Waals surface area contributed by atoms with Crippen molar-refractivity contribution in [2.75, 3.05) is 0 Å². The molecule has 0 unspecified atom stereocenters. The second-order valence-corrected chi connectivity index (χ2v) is 7.04. The fourth-order valence-corrected chi connectivity index (χ4v) is 2.95. The molecule has 23 heavy (non-hydrogen) atoms. The summed E-state index contributed by atoms with van der Waals surface area (Å²) in [7, 11) is 1.91. The van der Waals surface area contributed by atoms with Crippen LogP contribution in [0.1, 0.15) is 37.8 Å². The molecule has 0 aliphatic rings. The van der Waals surface area contributed by atoms with E-state index in [2.05, 4.69) is 34.2 Å². The van der Waals surface area contributed by atoms with Crippen LogP contribution in [0.3, 0.4) is 0 Å². The van der Waals surface area contributed by atoms with Crippen molar-refractivity contribution < 1.29 is 8.83 Å². The van der Waals surface area contributed by atoms with Crippen molar-refractivity contribution in [1.29, 1.82) is 0 Å². The highest BCUT2D eigenvalue weighted by Gasteiger charge is 2.20. The van der Waals surface area contributed by atoms with Gasteiger partial charge in [0, 0.05) is 13.5 Å². The van der Waals surface area contributed by atoms with Crippen molar-refractivity contribution in [2.24, 2.45) is 13.0 Å². The molecule has 0 saturated carbocycles. The first-order valence-corrected chi connectivity index (χ1v) is 8.34. The van der Waals surface area contributed by atoms with Gasteiger partial charge < -0.3 is 13.4 Å². The zero-order chi connectivity index (χ0) is 16.4. The van der Waals surface area contributed by atoms with Gasteiger partial charge >= 0.3 is 0 Å². The molecule has 122 valence electrons. The van der Waals surface area contributed by atoms with Gasteiger partial charge in [-0.05, 0) is 25.0 Å². The fourth-order valence-electron chi connectivity index (χ4n) is 2.11. The van der Waals surface area contributed by atoms with Gasteiger partial charge in [0.1, 0.15) is 0 Å². The molecule has 3 rings (SSSR count). The number of nitrogens with zero attached hydrogens (tertiary/aromatic N) is 5. The van der Waals surface area contributed by atoms with Gasteiger partial charge in [-0.15, -0.1) is 20.4 Å². The minimum Gasteiger partial charge on any atom is -0.461 e. The van der Waals surface area contributed by atoms with Crippen LogP contribution in [0.5, 0.6) is 0 Å². The molecule has 0 aliphatic heterocycles. The Morgan fingerprint density at radius 1 is 1.17 bits per heavy atom. The molecule has 0 amide bonds. The third-order valence-electron chi connectivity index (χ3n) is 3.27. The normalized spacial score (nSPS) is 12.9. The van der Waals surface area contributed by atoms with Gasteiger partial charge in [0.25, 0.3) is 0 Å². The maximum absolute atomic E-state index is 5.73. The summed E-state index contributed by atoms with van der Waals surface area (Å²) in [4.78, 5) is 0. The highest BCUT2D eigenvalue weighted by atomic mass is 32.2. The maximum atomic E-state index is 5.73. The third-order valence-corrected chi connectivity index (χ3v) is 4.39.